The Bertz CT molecular complexity index is 962. The largest absolute Gasteiger partial charge is 0.416 e. The van der Waals surface area contributed by atoms with Crippen molar-refractivity contribution in [1.29, 1.82) is 5.26 Å². The number of nitrogens with zero attached hydrogens (tertiary/aromatic N) is 4. The number of hydrogen-bond acceptors (Lipinski definition) is 6. The van der Waals surface area contributed by atoms with Gasteiger partial charge in [0, 0.05) is 6.26 Å². The highest BCUT2D eigenvalue weighted by atomic mass is 35.5. The van der Waals surface area contributed by atoms with Crippen LogP contribution in [-0.4, -0.2) is 33.1 Å². The molecule has 0 fully saturated rings. The van der Waals surface area contributed by atoms with Crippen molar-refractivity contribution in [2.45, 2.75) is 17.5 Å². The molecule has 0 aliphatic heterocycles. The molecule has 0 aliphatic carbocycles. The van der Waals surface area contributed by atoms with Gasteiger partial charge in [0.25, 0.3) is 0 Å². The van der Waals surface area contributed by atoms with E-state index in [9.17, 15) is 17.4 Å². The number of nitriles is 1. The molecule has 0 saturated carbocycles. The van der Waals surface area contributed by atoms with E-state index in [0.717, 1.165) is 10.9 Å². The average molecular weight is 454 g/mol. The Morgan fingerprint density at radius 1 is 1.43 bits per heavy atom. The third-order valence-electron chi connectivity index (χ3n) is 3.30. The van der Waals surface area contributed by atoms with Gasteiger partial charge in [-0.3, -0.25) is 4.21 Å². The first kappa shape index (κ1) is 22.0. The van der Waals surface area contributed by atoms with Gasteiger partial charge in [0.05, 0.1) is 45.1 Å². The molecule has 2 rings (SSSR count). The van der Waals surface area contributed by atoms with Crippen LogP contribution < -0.4 is 5.73 Å². The first-order valence-electron chi connectivity index (χ1n) is 7.38. The van der Waals surface area contributed by atoms with E-state index in [0.29, 0.717) is 12.1 Å². The molecular weight excluding hydrogens is 442 g/mol. The van der Waals surface area contributed by atoms with Crippen LogP contribution in [0.5, 0.6) is 0 Å². The summed E-state index contributed by atoms with van der Waals surface area (Å²) in [4.78, 5) is 4.92. The topological polar surface area (TPSA) is 106 Å². The van der Waals surface area contributed by atoms with Crippen molar-refractivity contribution >= 4 is 46.0 Å². The summed E-state index contributed by atoms with van der Waals surface area (Å²) in [5.41, 5.74) is 4.87. The molecule has 0 spiro atoms. The zero-order valence-electron chi connectivity index (χ0n) is 14.1. The highest BCUT2D eigenvalue weighted by Crippen LogP contribution is 2.38. The van der Waals surface area contributed by atoms with Crippen LogP contribution in [0.2, 0.25) is 10.0 Å². The summed E-state index contributed by atoms with van der Waals surface area (Å²) < 4.78 is 51.7. The van der Waals surface area contributed by atoms with Gasteiger partial charge in [-0.15, -0.1) is 0 Å². The van der Waals surface area contributed by atoms with Crippen molar-refractivity contribution in [3.63, 3.8) is 0 Å². The Labute approximate surface area is 169 Å². The molecule has 0 radical (unpaired) electrons. The molecule has 2 aromatic rings. The van der Waals surface area contributed by atoms with Crippen LogP contribution in [-0.2, 0) is 21.8 Å². The van der Waals surface area contributed by atoms with Crippen LogP contribution in [0.15, 0.2) is 22.2 Å². The number of nitrogen functional groups attached to an aromatic ring is 1. The molecule has 1 aromatic carbocycles. The maximum absolute atomic E-state index is 12.9. The van der Waals surface area contributed by atoms with E-state index in [1.54, 1.807) is 0 Å². The molecule has 13 heteroatoms. The normalized spacial score (nSPS) is 12.9. The highest BCUT2D eigenvalue weighted by molar-refractivity contribution is 7.84. The van der Waals surface area contributed by atoms with Crippen molar-refractivity contribution in [2.75, 3.05) is 18.6 Å². The van der Waals surface area contributed by atoms with Gasteiger partial charge in [-0.1, -0.05) is 28.4 Å². The Kier molecular flexibility index (Phi) is 6.92. The van der Waals surface area contributed by atoms with Gasteiger partial charge >= 0.3 is 6.18 Å². The molecule has 1 atom stereocenters. The van der Waals surface area contributed by atoms with Gasteiger partial charge in [0.1, 0.15) is 28.7 Å². The molecule has 150 valence electrons. The molecule has 1 aromatic heterocycles. The summed E-state index contributed by atoms with van der Waals surface area (Å²) >= 11 is 12.0. The van der Waals surface area contributed by atoms with E-state index >= 15 is 0 Å². The summed E-state index contributed by atoms with van der Waals surface area (Å²) in [7, 11) is -1.62. The number of hydrogen-bond donors (Lipinski definition) is 1. The number of alkyl halides is 3. The van der Waals surface area contributed by atoms with E-state index in [4.69, 9.17) is 39.0 Å². The molecule has 1 unspecified atom stereocenters. The Morgan fingerprint density at radius 2 is 2.04 bits per heavy atom. The minimum absolute atomic E-state index is 0.0320. The number of nitrogens with two attached hydrogens (primary N) is 1. The van der Waals surface area contributed by atoms with E-state index in [2.05, 4.69) is 10.3 Å². The second-order valence-corrected chi connectivity index (χ2v) is 7.36. The second-order valence-electron chi connectivity index (χ2n) is 5.23. The minimum Gasteiger partial charge on any atom is -0.395 e. The predicted molar refractivity (Wildman–Crippen MR) is 99.1 cm³/mol. The lowest BCUT2D eigenvalue weighted by Crippen LogP contribution is -2.09. The lowest BCUT2D eigenvalue weighted by molar-refractivity contribution is -0.137. The quantitative estimate of drug-likeness (QED) is 0.406. The van der Waals surface area contributed by atoms with Gasteiger partial charge in [0.15, 0.2) is 0 Å². The molecular formula is C15H12Cl2F3N5O2S. The van der Waals surface area contributed by atoms with Crippen LogP contribution in [0, 0.1) is 11.3 Å². The van der Waals surface area contributed by atoms with Gasteiger partial charge in [-0.05, 0) is 12.1 Å². The third kappa shape index (κ3) is 4.76. The molecule has 0 bridgehead atoms. The van der Waals surface area contributed by atoms with Crippen molar-refractivity contribution < 1.29 is 22.2 Å². The fourth-order valence-electron chi connectivity index (χ4n) is 2.15. The first-order chi connectivity index (χ1) is 13.1. The highest BCUT2D eigenvalue weighted by Gasteiger charge is 2.33. The molecule has 0 saturated heterocycles. The predicted octanol–water partition coefficient (Wildman–Crippen LogP) is 3.78. The monoisotopic (exact) mass is 453 g/mol. The van der Waals surface area contributed by atoms with Crippen LogP contribution in [0.1, 0.15) is 17.7 Å². The Hall–Kier alpha value is -2.29. The summed E-state index contributed by atoms with van der Waals surface area (Å²) in [6, 6.07) is 3.23. The average Bonchev–Trinajstić information content (AvgIpc) is 2.89. The smallest absolute Gasteiger partial charge is 0.395 e. The van der Waals surface area contributed by atoms with Gasteiger partial charge in [0.2, 0.25) is 0 Å². The zero-order valence-corrected chi connectivity index (χ0v) is 16.5. The number of anilines is 1. The lowest BCUT2D eigenvalue weighted by Gasteiger charge is -2.13. The van der Waals surface area contributed by atoms with E-state index in [-0.39, 0.29) is 45.2 Å². The molecule has 28 heavy (non-hydrogen) atoms. The van der Waals surface area contributed by atoms with E-state index in [1.807, 2.05) is 6.07 Å². The Morgan fingerprint density at radius 3 is 2.54 bits per heavy atom. The van der Waals surface area contributed by atoms with E-state index in [1.165, 1.54) is 6.26 Å². The summed E-state index contributed by atoms with van der Waals surface area (Å²) in [6.45, 7) is 0.0320. The number of rotatable bonds is 6. The summed E-state index contributed by atoms with van der Waals surface area (Å²) in [5.74, 6) is -0.136. The van der Waals surface area contributed by atoms with Crippen molar-refractivity contribution in [2.24, 2.45) is 5.16 Å². The van der Waals surface area contributed by atoms with Crippen LogP contribution in [0.3, 0.4) is 0 Å². The maximum atomic E-state index is 12.9. The molecule has 2 N–H and O–H groups in total. The third-order valence-corrected chi connectivity index (χ3v) is 4.87. The molecule has 1 heterocycles. The SMILES string of the molecule is CS(=O)c1c(/C=N/OCCC#N)nn(-c2c(Cl)cc(C(F)(F)F)cc2Cl)c1N. The van der Waals surface area contributed by atoms with Crippen LogP contribution in [0.4, 0.5) is 19.0 Å². The van der Waals surface area contributed by atoms with Gasteiger partial charge < -0.3 is 10.6 Å². The van der Waals surface area contributed by atoms with Crippen LogP contribution in [0.25, 0.3) is 5.69 Å². The lowest BCUT2D eigenvalue weighted by atomic mass is 10.2. The standard InChI is InChI=1S/C15H12Cl2F3N5O2S/c1-28(26)13-11(7-23-27-4-2-3-21)24-25(14(13)22)12-9(16)5-8(6-10(12)17)15(18,19)20/h5-7H,2,4,22H2,1H3/b23-7+. The Balaban J connectivity index is 2.54. The fraction of sp³-hybridized carbons (Fsp3) is 0.267. The van der Waals surface area contributed by atoms with Crippen molar-refractivity contribution in [3.05, 3.63) is 33.4 Å². The first-order valence-corrected chi connectivity index (χ1v) is 9.70. The van der Waals surface area contributed by atoms with Crippen LogP contribution >= 0.6 is 23.2 Å². The molecule has 0 aliphatic rings. The number of oxime groups is 1. The second kappa shape index (κ2) is 8.81. The summed E-state index contributed by atoms with van der Waals surface area (Å²) in [6.07, 6.45) is -2.08. The van der Waals surface area contributed by atoms with Crippen molar-refractivity contribution in [1.82, 2.24) is 9.78 Å². The minimum atomic E-state index is -4.64. The van der Waals surface area contributed by atoms with Gasteiger partial charge in [-0.2, -0.15) is 23.5 Å². The summed E-state index contributed by atoms with van der Waals surface area (Å²) in [5, 5.41) is 15.4. The number of aromatic nitrogens is 2. The zero-order chi connectivity index (χ0) is 21.1. The molecule has 0 amide bonds. The number of benzene rings is 1. The van der Waals surface area contributed by atoms with Gasteiger partial charge in [-0.25, -0.2) is 4.68 Å². The fourth-order valence-corrected chi connectivity index (χ4v) is 3.56. The molecule has 7 nitrogen and oxygen atoms in total. The van der Waals surface area contributed by atoms with Crippen molar-refractivity contribution in [3.8, 4) is 11.8 Å². The maximum Gasteiger partial charge on any atom is 0.416 e. The number of halogens is 5. The van der Waals surface area contributed by atoms with E-state index < -0.39 is 22.5 Å².